The molecule has 9 nitrogen and oxygen atoms in total. The second kappa shape index (κ2) is 10.6. The number of carboxylic acid groups (broad SMARTS) is 1. The summed E-state index contributed by atoms with van der Waals surface area (Å²) in [6.07, 6.45) is 3.75. The van der Waals surface area contributed by atoms with Gasteiger partial charge in [0.05, 0.1) is 31.5 Å². The Labute approximate surface area is 205 Å². The molecular weight excluding hydrogens is 496 g/mol. The summed E-state index contributed by atoms with van der Waals surface area (Å²) in [5.74, 6) is -1.45. The van der Waals surface area contributed by atoms with E-state index in [9.17, 15) is 24.8 Å². The Bertz CT molecular complexity index is 1380. The first-order valence-corrected chi connectivity index (χ1v) is 12.9. The summed E-state index contributed by atoms with van der Waals surface area (Å²) in [6.45, 7) is 0.410. The van der Waals surface area contributed by atoms with Crippen LogP contribution in [0.5, 0.6) is 0 Å². The van der Waals surface area contributed by atoms with Gasteiger partial charge in [-0.3, -0.25) is 19.9 Å². The highest BCUT2D eigenvalue weighted by Gasteiger charge is 2.17. The van der Waals surface area contributed by atoms with Gasteiger partial charge in [0.2, 0.25) is 0 Å². The molecule has 34 heavy (non-hydrogen) atoms. The number of nitrogens with zero attached hydrogens (tertiary/aromatic N) is 3. The van der Waals surface area contributed by atoms with Crippen LogP contribution in [0.2, 0.25) is 0 Å². The smallest absolute Gasteiger partial charge is 0.335 e. The number of nitrogens with one attached hydrogen (secondary N) is 1. The first kappa shape index (κ1) is 23.7. The van der Waals surface area contributed by atoms with Crippen LogP contribution in [-0.4, -0.2) is 38.4 Å². The number of benzene rings is 2. The number of hydrogen-bond donors (Lipinski definition) is 2. The summed E-state index contributed by atoms with van der Waals surface area (Å²) >= 11 is 1.51. The zero-order chi connectivity index (χ0) is 24.1. The summed E-state index contributed by atoms with van der Waals surface area (Å²) in [4.78, 5) is 44.6. The minimum absolute atomic E-state index is 0.0290. The van der Waals surface area contributed by atoms with Crippen LogP contribution in [0.25, 0.3) is 10.9 Å². The maximum Gasteiger partial charge on any atom is 0.335 e. The number of fused-ring (bicyclic) bond motifs is 1. The van der Waals surface area contributed by atoms with Crippen LogP contribution in [0, 0.1) is 10.1 Å². The third kappa shape index (κ3) is 5.53. The quantitative estimate of drug-likeness (QED) is 0.179. The standard InChI is InChI=1S/C22H16N4O5S3/c27-21(24-6-5-19-23-7-8-32-19)15-10-13-9-14(22(28)29)11-18(20(13)25-12-15)34-33-17-4-2-1-3-16(17)26(30)31/h1-4,7-12H,5-6H2,(H,24,27)(H,28,29). The number of aromatic nitrogens is 2. The predicted octanol–water partition coefficient (Wildman–Crippen LogP) is 5.07. The van der Waals surface area contributed by atoms with Gasteiger partial charge in [-0.05, 0) is 45.9 Å². The van der Waals surface area contributed by atoms with E-state index in [1.54, 1.807) is 30.5 Å². The molecule has 1 amide bonds. The highest BCUT2D eigenvalue weighted by atomic mass is 33.1. The molecule has 2 aromatic carbocycles. The van der Waals surface area contributed by atoms with Crippen molar-refractivity contribution in [3.8, 4) is 0 Å². The number of carbonyl (C=O) groups is 2. The minimum Gasteiger partial charge on any atom is -0.478 e. The molecule has 0 unspecified atom stereocenters. The van der Waals surface area contributed by atoms with Crippen molar-refractivity contribution in [1.29, 1.82) is 0 Å². The third-order valence-electron chi connectivity index (χ3n) is 4.65. The van der Waals surface area contributed by atoms with Crippen molar-refractivity contribution in [2.24, 2.45) is 0 Å². The Kier molecular flexibility index (Phi) is 7.40. The fourth-order valence-electron chi connectivity index (χ4n) is 3.06. The molecule has 0 saturated carbocycles. The number of nitro groups is 1. The third-order valence-corrected chi connectivity index (χ3v) is 7.91. The fourth-order valence-corrected chi connectivity index (χ4v) is 5.99. The molecule has 2 aromatic heterocycles. The van der Waals surface area contributed by atoms with Crippen LogP contribution >= 0.6 is 32.9 Å². The van der Waals surface area contributed by atoms with Crippen LogP contribution in [0.15, 0.2) is 70.0 Å². The molecule has 2 heterocycles. The molecule has 2 N–H and O–H groups in total. The maximum absolute atomic E-state index is 12.6. The highest BCUT2D eigenvalue weighted by Crippen LogP contribution is 2.43. The van der Waals surface area contributed by atoms with Gasteiger partial charge in [0.1, 0.15) is 0 Å². The van der Waals surface area contributed by atoms with Crippen LogP contribution in [0.1, 0.15) is 25.7 Å². The van der Waals surface area contributed by atoms with Crippen molar-refractivity contribution in [3.05, 3.63) is 86.5 Å². The number of amides is 1. The number of nitro benzene ring substituents is 1. The van der Waals surface area contributed by atoms with Gasteiger partial charge >= 0.3 is 5.97 Å². The van der Waals surface area contributed by atoms with E-state index in [2.05, 4.69) is 15.3 Å². The lowest BCUT2D eigenvalue weighted by molar-refractivity contribution is -0.387. The van der Waals surface area contributed by atoms with Crippen LogP contribution in [0.4, 0.5) is 5.69 Å². The molecule has 172 valence electrons. The van der Waals surface area contributed by atoms with Gasteiger partial charge in [-0.15, -0.1) is 11.3 Å². The number of aromatic carboxylic acids is 1. The average molecular weight is 513 g/mol. The normalized spacial score (nSPS) is 10.8. The van der Waals surface area contributed by atoms with E-state index in [1.807, 2.05) is 5.38 Å². The van der Waals surface area contributed by atoms with Crippen molar-refractivity contribution < 1.29 is 19.6 Å². The predicted molar refractivity (Wildman–Crippen MR) is 132 cm³/mol. The molecule has 0 fully saturated rings. The Morgan fingerprint density at radius 3 is 2.59 bits per heavy atom. The SMILES string of the molecule is O=C(O)c1cc(SSc2ccccc2[N+](=O)[O-])c2ncc(C(=O)NCCc3nccs3)cc2c1. The maximum atomic E-state index is 12.6. The number of hydrogen-bond acceptors (Lipinski definition) is 9. The Morgan fingerprint density at radius 1 is 1.09 bits per heavy atom. The first-order valence-electron chi connectivity index (χ1n) is 9.84. The van der Waals surface area contributed by atoms with Crippen molar-refractivity contribution in [1.82, 2.24) is 15.3 Å². The monoisotopic (exact) mass is 512 g/mol. The summed E-state index contributed by atoms with van der Waals surface area (Å²) in [5, 5.41) is 26.9. The van der Waals surface area contributed by atoms with Crippen molar-refractivity contribution in [3.63, 3.8) is 0 Å². The number of rotatable bonds is 9. The van der Waals surface area contributed by atoms with Crippen molar-refractivity contribution >= 4 is 61.4 Å². The van der Waals surface area contributed by atoms with E-state index in [1.165, 1.54) is 46.5 Å². The van der Waals surface area contributed by atoms with Gasteiger partial charge in [-0.2, -0.15) is 0 Å². The Hall–Kier alpha value is -3.48. The number of carboxylic acids is 1. The molecule has 12 heteroatoms. The second-order valence-electron chi connectivity index (χ2n) is 6.90. The highest BCUT2D eigenvalue weighted by molar-refractivity contribution is 8.76. The molecule has 4 aromatic rings. The number of para-hydroxylation sites is 1. The van der Waals surface area contributed by atoms with Crippen LogP contribution in [0.3, 0.4) is 0 Å². The van der Waals surface area contributed by atoms with E-state index in [0.717, 1.165) is 15.8 Å². The second-order valence-corrected chi connectivity index (χ2v) is 10.1. The van der Waals surface area contributed by atoms with Gasteiger partial charge < -0.3 is 10.4 Å². The number of thiazole rings is 1. The van der Waals surface area contributed by atoms with Gasteiger partial charge in [0.25, 0.3) is 11.6 Å². The first-order chi connectivity index (χ1) is 16.4. The fraction of sp³-hybridized carbons (Fsp3) is 0.0909. The summed E-state index contributed by atoms with van der Waals surface area (Å²) in [6, 6.07) is 10.8. The van der Waals surface area contributed by atoms with Crippen LogP contribution < -0.4 is 5.32 Å². The lowest BCUT2D eigenvalue weighted by Gasteiger charge is -2.09. The van der Waals surface area contributed by atoms with Gasteiger partial charge in [-0.1, -0.05) is 12.1 Å². The molecule has 0 bridgehead atoms. The zero-order valence-electron chi connectivity index (χ0n) is 17.3. The van der Waals surface area contributed by atoms with E-state index in [-0.39, 0.29) is 17.2 Å². The minimum atomic E-state index is -1.13. The Balaban J connectivity index is 1.58. The summed E-state index contributed by atoms with van der Waals surface area (Å²) in [7, 11) is 2.31. The summed E-state index contributed by atoms with van der Waals surface area (Å²) in [5.41, 5.74) is 0.793. The molecule has 4 rings (SSSR count). The lowest BCUT2D eigenvalue weighted by Crippen LogP contribution is -2.25. The molecular formula is C22H16N4O5S3. The molecule has 0 aliphatic carbocycles. The van der Waals surface area contributed by atoms with E-state index in [0.29, 0.717) is 39.2 Å². The molecule has 0 radical (unpaired) electrons. The van der Waals surface area contributed by atoms with Gasteiger partial charge in [0, 0.05) is 47.1 Å². The van der Waals surface area contributed by atoms with E-state index < -0.39 is 10.9 Å². The van der Waals surface area contributed by atoms with E-state index in [4.69, 9.17) is 0 Å². The molecule has 0 saturated heterocycles. The zero-order valence-corrected chi connectivity index (χ0v) is 19.8. The van der Waals surface area contributed by atoms with Crippen LogP contribution in [-0.2, 0) is 6.42 Å². The van der Waals surface area contributed by atoms with Crippen molar-refractivity contribution in [2.75, 3.05) is 6.54 Å². The van der Waals surface area contributed by atoms with Gasteiger partial charge in [-0.25, -0.2) is 9.78 Å². The molecule has 0 aliphatic rings. The Morgan fingerprint density at radius 2 is 1.85 bits per heavy atom. The molecule has 0 atom stereocenters. The van der Waals surface area contributed by atoms with E-state index >= 15 is 0 Å². The average Bonchev–Trinajstić information content (AvgIpc) is 3.35. The molecule has 0 aliphatic heterocycles. The van der Waals surface area contributed by atoms with Gasteiger partial charge in [0.15, 0.2) is 0 Å². The lowest BCUT2D eigenvalue weighted by atomic mass is 10.1. The topological polar surface area (TPSA) is 135 Å². The number of carbonyl (C=O) groups excluding carboxylic acids is 1. The molecule has 0 spiro atoms. The summed E-state index contributed by atoms with van der Waals surface area (Å²) < 4.78 is 0. The largest absolute Gasteiger partial charge is 0.478 e. The number of pyridine rings is 1. The van der Waals surface area contributed by atoms with Crippen molar-refractivity contribution in [2.45, 2.75) is 16.2 Å².